The van der Waals surface area contributed by atoms with Crippen LogP contribution in [0.15, 0.2) is 84.9 Å². The highest BCUT2D eigenvalue weighted by atomic mass is 16.6. The third kappa shape index (κ3) is 3.76. The molecule has 0 amide bonds. The van der Waals surface area contributed by atoms with Crippen molar-refractivity contribution in [1.82, 2.24) is 0 Å². The van der Waals surface area contributed by atoms with Crippen molar-refractivity contribution in [2.24, 2.45) is 0 Å². The lowest BCUT2D eigenvalue weighted by Crippen LogP contribution is -2.18. The first-order valence-electron chi connectivity index (χ1n) is 8.68. The Morgan fingerprint density at radius 2 is 1.67 bits per heavy atom. The number of hydrogen-bond acceptors (Lipinski definition) is 4. The Morgan fingerprint density at radius 3 is 2.41 bits per heavy atom. The fourth-order valence-electron chi connectivity index (χ4n) is 3.03. The second kappa shape index (κ2) is 7.48. The van der Waals surface area contributed by atoms with Crippen molar-refractivity contribution in [3.8, 4) is 11.5 Å². The summed E-state index contributed by atoms with van der Waals surface area (Å²) in [5.41, 5.74) is 3.37. The van der Waals surface area contributed by atoms with Crippen molar-refractivity contribution >= 4 is 11.4 Å². The Bertz CT molecular complexity index is 978. The van der Waals surface area contributed by atoms with E-state index in [1.54, 1.807) is 30.3 Å². The van der Waals surface area contributed by atoms with Gasteiger partial charge in [-0.15, -0.1) is 0 Å². The summed E-state index contributed by atoms with van der Waals surface area (Å²) in [5.74, 6) is 0.937. The van der Waals surface area contributed by atoms with E-state index in [2.05, 4.69) is 0 Å². The van der Waals surface area contributed by atoms with Crippen molar-refractivity contribution in [3.63, 3.8) is 0 Å². The number of ketones is 1. The normalized spacial score (nSPS) is 15.3. The molecule has 0 aromatic heterocycles. The van der Waals surface area contributed by atoms with Crippen LogP contribution >= 0.6 is 0 Å². The van der Waals surface area contributed by atoms with Gasteiger partial charge in [0.05, 0.1) is 0 Å². The fraction of sp³-hybridized carbons (Fsp3) is 0.0870. The molecule has 1 heterocycles. The summed E-state index contributed by atoms with van der Waals surface area (Å²) in [6.45, 7) is -0.0628. The van der Waals surface area contributed by atoms with Gasteiger partial charge < -0.3 is 14.6 Å². The SMILES string of the molecule is O=C(COc1ccc2c(c1)OC(O)C=C2c1ccccc1)c1ccccc1. The first-order valence-corrected chi connectivity index (χ1v) is 8.68. The van der Waals surface area contributed by atoms with Gasteiger partial charge >= 0.3 is 0 Å². The molecule has 4 rings (SSSR count). The van der Waals surface area contributed by atoms with Crippen LogP contribution in [0.5, 0.6) is 11.5 Å². The topological polar surface area (TPSA) is 55.8 Å². The Labute approximate surface area is 157 Å². The molecule has 1 atom stereocenters. The van der Waals surface area contributed by atoms with Crippen LogP contribution in [-0.2, 0) is 0 Å². The van der Waals surface area contributed by atoms with Gasteiger partial charge in [0.2, 0.25) is 6.29 Å². The average Bonchev–Trinajstić information content (AvgIpc) is 2.72. The minimum atomic E-state index is -1.03. The summed E-state index contributed by atoms with van der Waals surface area (Å²) in [6, 6.07) is 24.2. The maximum absolute atomic E-state index is 12.2. The molecule has 27 heavy (non-hydrogen) atoms. The lowest BCUT2D eigenvalue weighted by atomic mass is 9.95. The molecule has 0 aliphatic carbocycles. The third-order valence-electron chi connectivity index (χ3n) is 4.35. The van der Waals surface area contributed by atoms with E-state index in [0.717, 1.165) is 16.7 Å². The number of rotatable bonds is 5. The van der Waals surface area contributed by atoms with Crippen molar-refractivity contribution < 1.29 is 19.4 Å². The van der Waals surface area contributed by atoms with Gasteiger partial charge in [-0.05, 0) is 29.3 Å². The van der Waals surface area contributed by atoms with Crippen LogP contribution in [-0.4, -0.2) is 23.8 Å². The van der Waals surface area contributed by atoms with E-state index < -0.39 is 6.29 Å². The van der Waals surface area contributed by atoms with Gasteiger partial charge in [-0.2, -0.15) is 0 Å². The lowest BCUT2D eigenvalue weighted by Gasteiger charge is -2.23. The number of Topliss-reactive ketones (excluding diaryl/α,β-unsaturated/α-hetero) is 1. The number of aliphatic hydroxyl groups is 1. The van der Waals surface area contributed by atoms with Gasteiger partial charge in [-0.25, -0.2) is 0 Å². The first kappa shape index (κ1) is 17.1. The van der Waals surface area contributed by atoms with Gasteiger partial charge in [0.1, 0.15) is 11.5 Å². The van der Waals surface area contributed by atoms with Crippen molar-refractivity contribution in [3.05, 3.63) is 102 Å². The number of benzene rings is 3. The molecule has 4 nitrogen and oxygen atoms in total. The molecule has 3 aromatic rings. The van der Waals surface area contributed by atoms with Crippen LogP contribution in [0.3, 0.4) is 0 Å². The molecule has 1 N–H and O–H groups in total. The minimum absolute atomic E-state index is 0.0628. The van der Waals surface area contributed by atoms with Crippen LogP contribution < -0.4 is 9.47 Å². The van der Waals surface area contributed by atoms with Crippen LogP contribution in [0, 0.1) is 0 Å². The third-order valence-corrected chi connectivity index (χ3v) is 4.35. The van der Waals surface area contributed by atoms with Gasteiger partial charge in [-0.3, -0.25) is 4.79 Å². The molecule has 134 valence electrons. The van der Waals surface area contributed by atoms with E-state index in [1.807, 2.05) is 54.6 Å². The molecular weight excluding hydrogens is 340 g/mol. The Hall–Kier alpha value is -3.37. The Kier molecular flexibility index (Phi) is 4.73. The van der Waals surface area contributed by atoms with E-state index in [4.69, 9.17) is 9.47 Å². The van der Waals surface area contributed by atoms with Crippen LogP contribution in [0.1, 0.15) is 21.5 Å². The molecule has 3 aromatic carbocycles. The largest absolute Gasteiger partial charge is 0.485 e. The predicted octanol–water partition coefficient (Wildman–Crippen LogP) is 4.09. The second-order valence-electron chi connectivity index (χ2n) is 6.19. The molecule has 1 aliphatic heterocycles. The highest BCUT2D eigenvalue weighted by Crippen LogP contribution is 2.37. The zero-order valence-corrected chi connectivity index (χ0v) is 14.5. The second-order valence-corrected chi connectivity index (χ2v) is 6.19. The molecule has 0 bridgehead atoms. The van der Waals surface area contributed by atoms with Crippen molar-refractivity contribution in [2.75, 3.05) is 6.61 Å². The number of carbonyl (C=O) groups is 1. The zero-order valence-electron chi connectivity index (χ0n) is 14.5. The molecule has 1 unspecified atom stereocenters. The van der Waals surface area contributed by atoms with E-state index in [1.165, 1.54) is 0 Å². The molecule has 4 heteroatoms. The highest BCUT2D eigenvalue weighted by molar-refractivity contribution is 5.97. The number of aliphatic hydroxyl groups excluding tert-OH is 1. The molecular formula is C23H18O4. The quantitative estimate of drug-likeness (QED) is 0.698. The monoisotopic (exact) mass is 358 g/mol. The van der Waals surface area contributed by atoms with Crippen molar-refractivity contribution in [2.45, 2.75) is 6.29 Å². The van der Waals surface area contributed by atoms with Gasteiger partial charge in [-0.1, -0.05) is 60.7 Å². The summed E-state index contributed by atoms with van der Waals surface area (Å²) in [4.78, 5) is 12.2. The maximum atomic E-state index is 12.2. The molecule has 0 fully saturated rings. The standard InChI is InChI=1S/C23H18O4/c24-21(17-9-5-2-6-10-17)15-26-18-11-12-19-20(16-7-3-1-4-8-16)14-23(25)27-22(19)13-18/h1-14,23,25H,15H2. The predicted molar refractivity (Wildman–Crippen MR) is 103 cm³/mol. The Morgan fingerprint density at radius 1 is 0.963 bits per heavy atom. The van der Waals surface area contributed by atoms with Gasteiger partial charge in [0.25, 0.3) is 0 Å². The molecule has 0 spiro atoms. The van der Waals surface area contributed by atoms with Gasteiger partial charge in [0.15, 0.2) is 12.4 Å². The van der Waals surface area contributed by atoms with Crippen LogP contribution in [0.2, 0.25) is 0 Å². The maximum Gasteiger partial charge on any atom is 0.218 e. The summed E-state index contributed by atoms with van der Waals surface area (Å²) in [6.07, 6.45) is 0.644. The minimum Gasteiger partial charge on any atom is -0.485 e. The van der Waals surface area contributed by atoms with E-state index >= 15 is 0 Å². The highest BCUT2D eigenvalue weighted by Gasteiger charge is 2.21. The van der Waals surface area contributed by atoms with E-state index in [0.29, 0.717) is 17.1 Å². The van der Waals surface area contributed by atoms with Crippen LogP contribution in [0.4, 0.5) is 0 Å². The summed E-state index contributed by atoms with van der Waals surface area (Å²) < 4.78 is 11.2. The smallest absolute Gasteiger partial charge is 0.218 e. The summed E-state index contributed by atoms with van der Waals surface area (Å²) in [5, 5.41) is 10.1. The zero-order chi connectivity index (χ0) is 18.6. The molecule has 0 saturated carbocycles. The van der Waals surface area contributed by atoms with Crippen LogP contribution in [0.25, 0.3) is 5.57 Å². The fourth-order valence-corrected chi connectivity index (χ4v) is 3.03. The molecule has 1 aliphatic rings. The Balaban J connectivity index is 1.55. The molecule has 0 saturated heterocycles. The number of hydrogen-bond donors (Lipinski definition) is 1. The number of fused-ring (bicyclic) bond motifs is 1. The molecule has 0 radical (unpaired) electrons. The van der Waals surface area contributed by atoms with Gasteiger partial charge in [0, 0.05) is 17.2 Å². The number of ether oxygens (including phenoxy) is 2. The lowest BCUT2D eigenvalue weighted by molar-refractivity contribution is 0.0224. The summed E-state index contributed by atoms with van der Waals surface area (Å²) in [7, 11) is 0. The van der Waals surface area contributed by atoms with E-state index in [-0.39, 0.29) is 12.4 Å². The van der Waals surface area contributed by atoms with E-state index in [9.17, 15) is 9.90 Å². The summed E-state index contributed by atoms with van der Waals surface area (Å²) >= 11 is 0. The van der Waals surface area contributed by atoms with Crippen molar-refractivity contribution in [1.29, 1.82) is 0 Å². The average molecular weight is 358 g/mol. The first-order chi connectivity index (χ1) is 13.2. The number of carbonyl (C=O) groups excluding carboxylic acids is 1.